The molecule has 1 saturated carbocycles. The second-order valence-electron chi connectivity index (χ2n) is 12.5. The van der Waals surface area contributed by atoms with E-state index >= 15 is 0 Å². The first-order valence-corrected chi connectivity index (χ1v) is 15.3. The number of methoxy groups -OCH3 is 1. The molecule has 218 valence electrons. The number of rotatable bonds is 6. The minimum Gasteiger partial charge on any atom is -0.494 e. The standard InChI is InChI=1S/C31H39N5O4S/c1-18-7-10-22(32-30(38)40-31(2,3)4)17-35(18)28(37)21-13-23-26(25(15-21)39-6)34(5)27(33-23)24-14-20-11-12-41-29(20)36(24)16-19-8-9-19/h11-15,18-19,22H,7-10,16-17H2,1-6H3,(H,32,38)/t18-,22+/m0/s1. The highest BCUT2D eigenvalue weighted by molar-refractivity contribution is 7.16. The largest absolute Gasteiger partial charge is 0.494 e. The van der Waals surface area contributed by atoms with Gasteiger partial charge in [0.1, 0.15) is 21.7 Å². The average Bonchev–Trinajstić information content (AvgIpc) is 3.36. The first-order chi connectivity index (χ1) is 19.5. The lowest BCUT2D eigenvalue weighted by molar-refractivity contribution is 0.0412. The first-order valence-electron chi connectivity index (χ1n) is 14.4. The van der Waals surface area contributed by atoms with Crippen LogP contribution in [0.15, 0.2) is 29.6 Å². The van der Waals surface area contributed by atoms with Crippen LogP contribution in [-0.2, 0) is 18.3 Å². The van der Waals surface area contributed by atoms with Gasteiger partial charge in [0.2, 0.25) is 0 Å². The summed E-state index contributed by atoms with van der Waals surface area (Å²) in [4.78, 5) is 34.5. The molecule has 10 heteroatoms. The van der Waals surface area contributed by atoms with E-state index in [0.29, 0.717) is 17.9 Å². The molecule has 0 bridgehead atoms. The number of imidazole rings is 1. The van der Waals surface area contributed by atoms with Crippen LogP contribution >= 0.6 is 11.3 Å². The van der Waals surface area contributed by atoms with E-state index in [2.05, 4.69) is 38.9 Å². The minimum absolute atomic E-state index is 0.0406. The number of benzene rings is 1. The number of thiophene rings is 1. The topological polar surface area (TPSA) is 90.6 Å². The molecular weight excluding hydrogens is 538 g/mol. The number of nitrogens with zero attached hydrogens (tertiary/aromatic N) is 4. The Morgan fingerprint density at radius 2 is 1.93 bits per heavy atom. The number of aryl methyl sites for hydroxylation is 1. The maximum Gasteiger partial charge on any atom is 0.407 e. The van der Waals surface area contributed by atoms with Crippen LogP contribution < -0.4 is 10.1 Å². The Morgan fingerprint density at radius 3 is 2.63 bits per heavy atom. The van der Waals surface area contributed by atoms with Crippen LogP contribution in [-0.4, -0.2) is 62.4 Å². The van der Waals surface area contributed by atoms with Gasteiger partial charge in [-0.05, 0) is 88.9 Å². The zero-order valence-corrected chi connectivity index (χ0v) is 25.5. The molecular formula is C31H39N5O4S. The zero-order chi connectivity index (χ0) is 29.1. The van der Waals surface area contributed by atoms with Crippen molar-refractivity contribution in [3.05, 3.63) is 35.2 Å². The number of ether oxygens (including phenoxy) is 2. The van der Waals surface area contributed by atoms with Crippen molar-refractivity contribution in [1.82, 2.24) is 24.3 Å². The number of nitrogens with one attached hydrogen (secondary N) is 1. The molecule has 1 aliphatic heterocycles. The number of alkyl carbamates (subject to hydrolysis) is 1. The van der Waals surface area contributed by atoms with Crippen molar-refractivity contribution >= 4 is 44.6 Å². The van der Waals surface area contributed by atoms with Gasteiger partial charge in [0.15, 0.2) is 5.82 Å². The molecule has 4 aromatic rings. The molecule has 9 nitrogen and oxygen atoms in total. The summed E-state index contributed by atoms with van der Waals surface area (Å²) in [5.41, 5.74) is 2.62. The third-order valence-corrected chi connectivity index (χ3v) is 9.09. The number of aromatic nitrogens is 3. The van der Waals surface area contributed by atoms with Crippen molar-refractivity contribution in [1.29, 1.82) is 0 Å². The molecule has 0 spiro atoms. The molecule has 1 aromatic carbocycles. The number of likely N-dealkylation sites (tertiary alicyclic amines) is 1. The molecule has 2 fully saturated rings. The molecule has 1 saturated heterocycles. The van der Waals surface area contributed by atoms with Crippen LogP contribution in [0.3, 0.4) is 0 Å². The van der Waals surface area contributed by atoms with Gasteiger partial charge < -0.3 is 28.8 Å². The van der Waals surface area contributed by atoms with E-state index in [-0.39, 0.29) is 18.0 Å². The highest BCUT2D eigenvalue weighted by atomic mass is 32.1. The minimum atomic E-state index is -0.579. The smallest absolute Gasteiger partial charge is 0.407 e. The van der Waals surface area contributed by atoms with Crippen molar-refractivity contribution in [3.63, 3.8) is 0 Å². The summed E-state index contributed by atoms with van der Waals surface area (Å²) in [5.74, 6) is 2.10. The number of piperidine rings is 1. The van der Waals surface area contributed by atoms with Gasteiger partial charge in [0.25, 0.3) is 5.91 Å². The van der Waals surface area contributed by atoms with Gasteiger partial charge in [-0.2, -0.15) is 0 Å². The maximum atomic E-state index is 13.9. The molecule has 1 N–H and O–H groups in total. The van der Waals surface area contributed by atoms with Crippen LogP contribution in [0, 0.1) is 5.92 Å². The maximum absolute atomic E-state index is 13.9. The predicted molar refractivity (Wildman–Crippen MR) is 162 cm³/mol. The van der Waals surface area contributed by atoms with Crippen molar-refractivity contribution in [2.24, 2.45) is 13.0 Å². The van der Waals surface area contributed by atoms with E-state index in [0.717, 1.165) is 47.9 Å². The SMILES string of the molecule is COc1cc(C(=O)N2C[C@H](NC(=O)OC(C)(C)C)CC[C@@H]2C)cc2nc(-c3cc4ccsc4n3CC3CC3)n(C)c12. The Labute approximate surface area is 244 Å². The summed E-state index contributed by atoms with van der Waals surface area (Å²) < 4.78 is 15.7. The molecule has 2 aliphatic rings. The number of hydrogen-bond donors (Lipinski definition) is 1. The van der Waals surface area contributed by atoms with E-state index in [1.807, 2.05) is 44.9 Å². The van der Waals surface area contributed by atoms with Gasteiger partial charge >= 0.3 is 6.09 Å². The lowest BCUT2D eigenvalue weighted by Crippen LogP contribution is -2.53. The molecule has 0 radical (unpaired) electrons. The first kappa shape index (κ1) is 27.6. The van der Waals surface area contributed by atoms with E-state index in [1.54, 1.807) is 18.4 Å². The lowest BCUT2D eigenvalue weighted by atomic mass is 9.98. The van der Waals surface area contributed by atoms with Crippen LogP contribution in [0.4, 0.5) is 4.79 Å². The Morgan fingerprint density at radius 1 is 1.15 bits per heavy atom. The monoisotopic (exact) mass is 577 g/mol. The second-order valence-corrected chi connectivity index (χ2v) is 13.4. The van der Waals surface area contributed by atoms with Gasteiger partial charge in [0.05, 0.1) is 18.3 Å². The number of hydrogen-bond acceptors (Lipinski definition) is 6. The molecule has 1 aliphatic carbocycles. The van der Waals surface area contributed by atoms with Crippen molar-refractivity contribution in [2.75, 3.05) is 13.7 Å². The highest BCUT2D eigenvalue weighted by Crippen LogP contribution is 2.39. The van der Waals surface area contributed by atoms with Gasteiger partial charge in [-0.3, -0.25) is 4.79 Å². The fraction of sp³-hybridized carbons (Fsp3) is 0.516. The van der Waals surface area contributed by atoms with Crippen LogP contribution in [0.25, 0.3) is 32.8 Å². The second kappa shape index (κ2) is 10.4. The van der Waals surface area contributed by atoms with Gasteiger partial charge in [-0.15, -0.1) is 11.3 Å². The van der Waals surface area contributed by atoms with Crippen molar-refractivity contribution in [3.8, 4) is 17.3 Å². The van der Waals surface area contributed by atoms with E-state index in [4.69, 9.17) is 14.5 Å². The number of amides is 2. The fourth-order valence-electron chi connectivity index (χ4n) is 5.87. The summed E-state index contributed by atoms with van der Waals surface area (Å²) in [6.45, 7) is 8.98. The predicted octanol–water partition coefficient (Wildman–Crippen LogP) is 6.19. The molecule has 3 aromatic heterocycles. The van der Waals surface area contributed by atoms with Crippen LogP contribution in [0.1, 0.15) is 63.7 Å². The third-order valence-electron chi connectivity index (χ3n) is 8.13. The van der Waals surface area contributed by atoms with E-state index < -0.39 is 11.7 Å². The quantitative estimate of drug-likeness (QED) is 0.295. The molecule has 2 amide bonds. The highest BCUT2D eigenvalue weighted by Gasteiger charge is 2.32. The summed E-state index contributed by atoms with van der Waals surface area (Å²) in [5, 5.41) is 6.32. The number of carbonyl (C=O) groups is 2. The van der Waals surface area contributed by atoms with E-state index in [1.165, 1.54) is 23.1 Å². The molecule has 4 heterocycles. The van der Waals surface area contributed by atoms with E-state index in [9.17, 15) is 9.59 Å². The van der Waals surface area contributed by atoms with Gasteiger partial charge in [0, 0.05) is 43.2 Å². The molecule has 6 rings (SSSR count). The summed E-state index contributed by atoms with van der Waals surface area (Å²) in [7, 11) is 3.64. The summed E-state index contributed by atoms with van der Waals surface area (Å²) >= 11 is 1.77. The number of fused-ring (bicyclic) bond motifs is 2. The number of carbonyl (C=O) groups excluding carboxylic acids is 2. The average molecular weight is 578 g/mol. The van der Waals surface area contributed by atoms with Crippen molar-refractivity contribution < 1.29 is 19.1 Å². The Kier molecular flexibility index (Phi) is 7.00. The zero-order valence-electron chi connectivity index (χ0n) is 24.7. The fourth-order valence-corrected chi connectivity index (χ4v) is 6.77. The van der Waals surface area contributed by atoms with Crippen LogP contribution in [0.2, 0.25) is 0 Å². The Bertz CT molecular complexity index is 1620. The Balaban J connectivity index is 1.32. The normalized spacial score (nSPS) is 19.6. The Hall–Kier alpha value is -3.53. The summed E-state index contributed by atoms with van der Waals surface area (Å²) in [6.07, 6.45) is 3.66. The summed E-state index contributed by atoms with van der Waals surface area (Å²) in [6, 6.07) is 7.94. The molecule has 2 atom stereocenters. The van der Waals surface area contributed by atoms with Crippen LogP contribution in [0.5, 0.6) is 5.75 Å². The third kappa shape index (κ3) is 5.41. The van der Waals surface area contributed by atoms with Gasteiger partial charge in [-0.1, -0.05) is 0 Å². The van der Waals surface area contributed by atoms with Gasteiger partial charge in [-0.25, -0.2) is 9.78 Å². The molecule has 41 heavy (non-hydrogen) atoms. The van der Waals surface area contributed by atoms with Crippen molar-refractivity contribution in [2.45, 2.75) is 77.6 Å². The lowest BCUT2D eigenvalue weighted by Gasteiger charge is -2.38. The molecule has 0 unspecified atom stereocenters.